The van der Waals surface area contributed by atoms with Crippen LogP contribution in [0.5, 0.6) is 0 Å². The highest BCUT2D eigenvalue weighted by Gasteiger charge is 2.45. The molecule has 7 heteroatoms. The minimum Gasteiger partial charge on any atom is -0.308 e. The van der Waals surface area contributed by atoms with Gasteiger partial charge in [0.1, 0.15) is 0 Å². The van der Waals surface area contributed by atoms with E-state index in [1.807, 2.05) is 60.7 Å². The van der Waals surface area contributed by atoms with Crippen LogP contribution in [0.1, 0.15) is 36.6 Å². The first kappa shape index (κ1) is 20.3. The van der Waals surface area contributed by atoms with Crippen molar-refractivity contribution in [2.45, 2.75) is 25.4 Å². The third kappa shape index (κ3) is 5.01. The number of hydrogen-bond acceptors (Lipinski definition) is 5. The third-order valence-corrected chi connectivity index (χ3v) is 6.63. The van der Waals surface area contributed by atoms with Crippen LogP contribution in [-0.4, -0.2) is 24.7 Å². The summed E-state index contributed by atoms with van der Waals surface area (Å²) in [5.41, 5.74) is 0.669. The van der Waals surface area contributed by atoms with E-state index in [-0.39, 0.29) is 24.7 Å². The highest BCUT2D eigenvalue weighted by atomic mass is 31.2. The van der Waals surface area contributed by atoms with Crippen molar-refractivity contribution in [3.8, 4) is 0 Å². The molecule has 6 nitrogen and oxygen atoms in total. The third-order valence-electron chi connectivity index (χ3n) is 4.05. The molecule has 0 aliphatic rings. The SMILES string of the molecule is CCOP(=O)(OCC)[C@H](c1ccccc1)[C@H](C[N+](=O)[O-])c1ccccc1. The summed E-state index contributed by atoms with van der Waals surface area (Å²) in [5.74, 6) is -0.641. The topological polar surface area (TPSA) is 78.7 Å². The lowest BCUT2D eigenvalue weighted by atomic mass is 9.91. The Bertz CT molecular complexity index is 728. The van der Waals surface area contributed by atoms with Gasteiger partial charge in [-0.1, -0.05) is 60.7 Å². The van der Waals surface area contributed by atoms with E-state index in [0.29, 0.717) is 5.56 Å². The first-order chi connectivity index (χ1) is 12.5. The molecule has 0 aromatic heterocycles. The second-order valence-corrected chi connectivity index (χ2v) is 7.92. The van der Waals surface area contributed by atoms with Gasteiger partial charge in [-0.15, -0.1) is 0 Å². The second kappa shape index (κ2) is 9.62. The number of benzene rings is 2. The highest BCUT2D eigenvalue weighted by molar-refractivity contribution is 7.54. The predicted molar refractivity (Wildman–Crippen MR) is 101 cm³/mol. The maximum atomic E-state index is 13.6. The van der Waals surface area contributed by atoms with Crippen molar-refractivity contribution in [3.63, 3.8) is 0 Å². The molecule has 0 N–H and O–H groups in total. The van der Waals surface area contributed by atoms with Gasteiger partial charge in [-0.25, -0.2) is 0 Å². The molecule has 0 bridgehead atoms. The Morgan fingerprint density at radius 3 is 1.81 bits per heavy atom. The van der Waals surface area contributed by atoms with Crippen LogP contribution in [0.2, 0.25) is 0 Å². The van der Waals surface area contributed by atoms with Gasteiger partial charge in [-0.2, -0.15) is 0 Å². The Morgan fingerprint density at radius 1 is 0.923 bits per heavy atom. The summed E-state index contributed by atoms with van der Waals surface area (Å²) in [5, 5.41) is 11.4. The first-order valence-electron chi connectivity index (χ1n) is 8.62. The lowest BCUT2D eigenvalue weighted by Gasteiger charge is -2.31. The highest BCUT2D eigenvalue weighted by Crippen LogP contribution is 2.65. The molecule has 26 heavy (non-hydrogen) atoms. The molecule has 2 atom stereocenters. The molecule has 0 saturated heterocycles. The summed E-state index contributed by atoms with van der Waals surface area (Å²) >= 11 is 0. The van der Waals surface area contributed by atoms with Gasteiger partial charge in [0.05, 0.1) is 24.8 Å². The summed E-state index contributed by atoms with van der Waals surface area (Å²) in [6, 6.07) is 18.2. The van der Waals surface area contributed by atoms with Crippen LogP contribution in [0.25, 0.3) is 0 Å². The van der Waals surface area contributed by atoms with E-state index in [4.69, 9.17) is 9.05 Å². The Hall–Kier alpha value is -2.01. The predicted octanol–water partition coefficient (Wildman–Crippen LogP) is 5.05. The van der Waals surface area contributed by atoms with E-state index in [0.717, 1.165) is 5.56 Å². The largest absolute Gasteiger partial charge is 0.338 e. The summed E-state index contributed by atoms with van der Waals surface area (Å²) in [7, 11) is -3.63. The van der Waals surface area contributed by atoms with Crippen LogP contribution in [0, 0.1) is 10.1 Å². The molecule has 0 heterocycles. The van der Waals surface area contributed by atoms with Gasteiger partial charge in [0.25, 0.3) is 0 Å². The monoisotopic (exact) mass is 377 g/mol. The van der Waals surface area contributed by atoms with Gasteiger partial charge in [-0.3, -0.25) is 14.7 Å². The molecule has 0 fully saturated rings. The van der Waals surface area contributed by atoms with Crippen LogP contribution in [0.15, 0.2) is 60.7 Å². The lowest BCUT2D eigenvalue weighted by Crippen LogP contribution is -2.22. The molecule has 2 aromatic rings. The second-order valence-electron chi connectivity index (χ2n) is 5.76. The van der Waals surface area contributed by atoms with Gasteiger partial charge in [0, 0.05) is 4.92 Å². The Balaban J connectivity index is 2.62. The zero-order valence-corrected chi connectivity index (χ0v) is 15.9. The van der Waals surface area contributed by atoms with Crippen molar-refractivity contribution in [1.82, 2.24) is 0 Å². The maximum Gasteiger partial charge on any atom is 0.338 e. The molecule has 0 radical (unpaired) electrons. The van der Waals surface area contributed by atoms with Gasteiger partial charge >= 0.3 is 7.60 Å². The average Bonchev–Trinajstić information content (AvgIpc) is 2.63. The summed E-state index contributed by atoms with van der Waals surface area (Å²) in [6.45, 7) is 3.49. The molecule has 0 aliphatic carbocycles. The average molecular weight is 377 g/mol. The van der Waals surface area contributed by atoms with Crippen LogP contribution in [0.4, 0.5) is 0 Å². The quantitative estimate of drug-likeness (QED) is 0.329. The number of nitro groups is 1. The minimum absolute atomic E-state index is 0.195. The molecular weight excluding hydrogens is 353 g/mol. The first-order valence-corrected chi connectivity index (χ1v) is 10.2. The molecule has 140 valence electrons. The normalized spacial score (nSPS) is 13.9. The maximum absolute atomic E-state index is 13.6. The van der Waals surface area contributed by atoms with Crippen molar-refractivity contribution >= 4 is 7.60 Å². The minimum atomic E-state index is -3.63. The van der Waals surface area contributed by atoms with Crippen molar-refractivity contribution < 1.29 is 18.5 Å². The molecular formula is C19H24NO5P. The van der Waals surface area contributed by atoms with Crippen molar-refractivity contribution in [3.05, 3.63) is 81.9 Å². The molecule has 2 rings (SSSR count). The van der Waals surface area contributed by atoms with Gasteiger partial charge in [0.2, 0.25) is 6.54 Å². The lowest BCUT2D eigenvalue weighted by molar-refractivity contribution is -0.483. The van der Waals surface area contributed by atoms with Gasteiger partial charge in [-0.05, 0) is 25.0 Å². The number of hydrogen-bond donors (Lipinski definition) is 0. The van der Waals surface area contributed by atoms with Gasteiger partial charge in [0.15, 0.2) is 0 Å². The molecule has 0 spiro atoms. The zero-order valence-electron chi connectivity index (χ0n) is 15.0. The molecule has 0 aliphatic heterocycles. The summed E-state index contributed by atoms with van der Waals surface area (Å²) < 4.78 is 24.8. The van der Waals surface area contributed by atoms with E-state index in [1.165, 1.54) is 0 Å². The van der Waals surface area contributed by atoms with E-state index in [2.05, 4.69) is 0 Å². The summed E-state index contributed by atoms with van der Waals surface area (Å²) in [6.07, 6.45) is 0. The van der Waals surface area contributed by atoms with E-state index in [1.54, 1.807) is 13.8 Å². The number of rotatable bonds is 10. The van der Waals surface area contributed by atoms with Crippen LogP contribution >= 0.6 is 7.60 Å². The van der Waals surface area contributed by atoms with Crippen LogP contribution < -0.4 is 0 Å². The zero-order chi connectivity index (χ0) is 19.0. The Labute approximate surface area is 153 Å². The Kier molecular flexibility index (Phi) is 7.51. The molecule has 0 unspecified atom stereocenters. The van der Waals surface area contributed by atoms with E-state index >= 15 is 0 Å². The number of nitrogens with zero attached hydrogens (tertiary/aromatic N) is 1. The van der Waals surface area contributed by atoms with Crippen molar-refractivity contribution in [2.75, 3.05) is 19.8 Å². The smallest absolute Gasteiger partial charge is 0.308 e. The van der Waals surface area contributed by atoms with Crippen LogP contribution in [0.3, 0.4) is 0 Å². The standard InChI is InChI=1S/C19H24NO5P/c1-3-24-26(23,25-4-2)19(17-13-9-6-10-14-17)18(15-20(21)22)16-11-7-5-8-12-16/h5-14,18-19H,3-4,15H2,1-2H3/t18-,19-/m1/s1. The summed E-state index contributed by atoms with van der Waals surface area (Å²) in [4.78, 5) is 11.0. The fraction of sp³-hybridized carbons (Fsp3) is 0.368. The molecule has 0 amide bonds. The molecule has 2 aromatic carbocycles. The molecule has 0 saturated carbocycles. The van der Waals surface area contributed by atoms with Crippen LogP contribution in [-0.2, 0) is 13.6 Å². The fourth-order valence-electron chi connectivity index (χ4n) is 3.09. The Morgan fingerprint density at radius 2 is 1.38 bits per heavy atom. The van der Waals surface area contributed by atoms with Gasteiger partial charge < -0.3 is 9.05 Å². The van der Waals surface area contributed by atoms with Crippen molar-refractivity contribution in [1.29, 1.82) is 0 Å². The fourth-order valence-corrected chi connectivity index (χ4v) is 5.45. The van der Waals surface area contributed by atoms with E-state index in [9.17, 15) is 14.7 Å². The van der Waals surface area contributed by atoms with Crippen molar-refractivity contribution in [2.24, 2.45) is 0 Å². The van der Waals surface area contributed by atoms with E-state index < -0.39 is 19.2 Å².